The highest BCUT2D eigenvalue weighted by Gasteiger charge is 2.11. The molecule has 0 atom stereocenters. The molecule has 8 nitrogen and oxygen atoms in total. The van der Waals surface area contributed by atoms with Gasteiger partial charge in [0, 0.05) is 11.9 Å². The Morgan fingerprint density at radius 1 is 1.09 bits per heavy atom. The summed E-state index contributed by atoms with van der Waals surface area (Å²) in [6, 6.07) is 8.94. The van der Waals surface area contributed by atoms with E-state index in [9.17, 15) is 4.79 Å². The minimum atomic E-state index is -0.271. The van der Waals surface area contributed by atoms with Crippen molar-refractivity contribution in [2.24, 2.45) is 0 Å². The monoisotopic (exact) mass is 294 g/mol. The van der Waals surface area contributed by atoms with E-state index in [-0.39, 0.29) is 11.1 Å². The number of hydrogen-bond acceptors (Lipinski definition) is 6. The van der Waals surface area contributed by atoms with Crippen molar-refractivity contribution >= 4 is 16.8 Å². The molecule has 1 aromatic carbocycles. The van der Waals surface area contributed by atoms with Gasteiger partial charge < -0.3 is 4.74 Å². The van der Waals surface area contributed by atoms with E-state index in [1.54, 1.807) is 43.6 Å². The van der Waals surface area contributed by atoms with Gasteiger partial charge in [0.1, 0.15) is 17.6 Å². The summed E-state index contributed by atoms with van der Waals surface area (Å²) in [5.41, 5.74) is 1.24. The predicted octanol–water partition coefficient (Wildman–Crippen LogP) is 0.832. The van der Waals surface area contributed by atoms with E-state index in [1.165, 1.54) is 15.4 Å². The second kappa shape index (κ2) is 4.62. The van der Waals surface area contributed by atoms with E-state index in [4.69, 9.17) is 4.74 Å². The number of fused-ring (bicyclic) bond motifs is 3. The molecule has 0 fully saturated rings. The van der Waals surface area contributed by atoms with Crippen molar-refractivity contribution in [1.82, 2.24) is 29.4 Å². The third-order valence-corrected chi connectivity index (χ3v) is 3.39. The summed E-state index contributed by atoms with van der Waals surface area (Å²) in [7, 11) is 1.59. The molecule has 0 saturated carbocycles. The number of methoxy groups -OCH3 is 1. The van der Waals surface area contributed by atoms with Crippen LogP contribution in [0.15, 0.2) is 47.7 Å². The average molecular weight is 294 g/mol. The summed E-state index contributed by atoms with van der Waals surface area (Å²) in [5, 5.41) is 11.9. The van der Waals surface area contributed by atoms with Gasteiger partial charge in [-0.25, -0.2) is 0 Å². The first-order chi connectivity index (χ1) is 10.8. The van der Waals surface area contributed by atoms with Crippen LogP contribution in [0.4, 0.5) is 0 Å². The molecule has 0 N–H and O–H groups in total. The van der Waals surface area contributed by atoms with Crippen molar-refractivity contribution in [3.63, 3.8) is 0 Å². The molecule has 0 bridgehead atoms. The van der Waals surface area contributed by atoms with Gasteiger partial charge in [-0.15, -0.1) is 10.2 Å². The van der Waals surface area contributed by atoms with Crippen LogP contribution in [0.2, 0.25) is 0 Å². The lowest BCUT2D eigenvalue weighted by atomic mass is 10.3. The lowest BCUT2D eigenvalue weighted by Crippen LogP contribution is -2.20. The molecule has 22 heavy (non-hydrogen) atoms. The van der Waals surface area contributed by atoms with Crippen LogP contribution in [0.5, 0.6) is 5.75 Å². The normalized spacial score (nSPS) is 11.1. The third-order valence-electron chi connectivity index (χ3n) is 3.39. The van der Waals surface area contributed by atoms with Gasteiger partial charge in [-0.05, 0) is 30.3 Å². The summed E-state index contributed by atoms with van der Waals surface area (Å²) >= 11 is 0. The first kappa shape index (κ1) is 12.5. The number of benzene rings is 1. The number of nitrogens with zero attached hydrogens (tertiary/aromatic N) is 6. The molecule has 0 spiro atoms. The highest BCUT2D eigenvalue weighted by molar-refractivity contribution is 5.74. The van der Waals surface area contributed by atoms with Gasteiger partial charge in [-0.2, -0.15) is 14.6 Å². The molecular weight excluding hydrogens is 284 g/mol. The zero-order valence-corrected chi connectivity index (χ0v) is 11.5. The first-order valence-corrected chi connectivity index (χ1v) is 6.50. The molecule has 0 amide bonds. The number of hydrogen-bond donors (Lipinski definition) is 0. The van der Waals surface area contributed by atoms with E-state index < -0.39 is 0 Å². The van der Waals surface area contributed by atoms with E-state index in [0.29, 0.717) is 17.0 Å². The van der Waals surface area contributed by atoms with Gasteiger partial charge in [0.15, 0.2) is 5.52 Å². The second-order valence-electron chi connectivity index (χ2n) is 4.59. The van der Waals surface area contributed by atoms with E-state index in [2.05, 4.69) is 20.3 Å². The van der Waals surface area contributed by atoms with Gasteiger partial charge in [0.25, 0.3) is 11.3 Å². The average Bonchev–Trinajstić information content (AvgIpc) is 3.04. The second-order valence-corrected chi connectivity index (χ2v) is 4.59. The molecule has 3 aromatic heterocycles. The molecule has 8 heteroatoms. The minimum Gasteiger partial charge on any atom is -0.497 e. The summed E-state index contributed by atoms with van der Waals surface area (Å²) in [6.45, 7) is 0. The van der Waals surface area contributed by atoms with Crippen LogP contribution in [0.25, 0.3) is 22.5 Å². The Kier molecular flexibility index (Phi) is 2.62. The molecular formula is C14H10N6O2. The Bertz CT molecular complexity index is 1030. The molecule has 0 radical (unpaired) electrons. The van der Waals surface area contributed by atoms with Crippen LogP contribution < -0.4 is 10.3 Å². The number of rotatable bonds is 2. The van der Waals surface area contributed by atoms with Crippen molar-refractivity contribution in [3.05, 3.63) is 53.2 Å². The van der Waals surface area contributed by atoms with Crippen molar-refractivity contribution in [2.45, 2.75) is 0 Å². The van der Waals surface area contributed by atoms with Gasteiger partial charge in [-0.3, -0.25) is 9.36 Å². The van der Waals surface area contributed by atoms with Gasteiger partial charge in [0.2, 0.25) is 0 Å². The maximum Gasteiger partial charge on any atom is 0.285 e. The molecule has 108 valence electrons. The van der Waals surface area contributed by atoms with E-state index >= 15 is 0 Å². The first-order valence-electron chi connectivity index (χ1n) is 6.50. The Morgan fingerprint density at radius 2 is 1.91 bits per heavy atom. The SMILES string of the molecule is COc1ccc(-n2ccc3c(nnc4ncnn43)c2=O)cc1. The molecule has 0 unspecified atom stereocenters. The Hall–Kier alpha value is -3.29. The molecule has 0 aliphatic rings. The predicted molar refractivity (Wildman–Crippen MR) is 78.2 cm³/mol. The molecule has 3 heterocycles. The maximum absolute atomic E-state index is 12.6. The fraction of sp³-hybridized carbons (Fsp3) is 0.0714. The number of pyridine rings is 1. The fourth-order valence-corrected chi connectivity index (χ4v) is 2.29. The highest BCUT2D eigenvalue weighted by atomic mass is 16.5. The molecule has 4 rings (SSSR count). The van der Waals surface area contributed by atoms with Crippen molar-refractivity contribution < 1.29 is 4.74 Å². The largest absolute Gasteiger partial charge is 0.497 e. The third kappa shape index (κ3) is 1.74. The van der Waals surface area contributed by atoms with Crippen LogP contribution in [-0.4, -0.2) is 36.5 Å². The van der Waals surface area contributed by atoms with Gasteiger partial charge in [-0.1, -0.05) is 0 Å². The maximum atomic E-state index is 12.6. The summed E-state index contributed by atoms with van der Waals surface area (Å²) < 4.78 is 8.10. The minimum absolute atomic E-state index is 0.233. The lowest BCUT2D eigenvalue weighted by Gasteiger charge is -2.07. The Balaban J connectivity index is 1.97. The molecule has 4 aromatic rings. The van der Waals surface area contributed by atoms with Crippen LogP contribution in [0, 0.1) is 0 Å². The van der Waals surface area contributed by atoms with Gasteiger partial charge in [0.05, 0.1) is 7.11 Å². The Morgan fingerprint density at radius 3 is 2.68 bits per heavy atom. The lowest BCUT2D eigenvalue weighted by molar-refractivity contribution is 0.414. The standard InChI is InChI=1S/C14H10N6O2/c1-22-10-4-2-9(3-5-10)19-7-6-11-12(13(19)21)17-18-14-15-8-16-20(11)14/h2-8H,1H3. The summed E-state index contributed by atoms with van der Waals surface area (Å²) in [4.78, 5) is 16.6. The van der Waals surface area contributed by atoms with E-state index in [1.807, 2.05) is 0 Å². The number of ether oxygens (including phenoxy) is 1. The van der Waals surface area contributed by atoms with E-state index in [0.717, 1.165) is 5.75 Å². The molecule has 0 saturated heterocycles. The van der Waals surface area contributed by atoms with Crippen LogP contribution >= 0.6 is 0 Å². The zero-order chi connectivity index (χ0) is 15.1. The van der Waals surface area contributed by atoms with Gasteiger partial charge >= 0.3 is 0 Å². The summed E-state index contributed by atoms with van der Waals surface area (Å²) in [6.07, 6.45) is 3.05. The van der Waals surface area contributed by atoms with Crippen molar-refractivity contribution in [2.75, 3.05) is 7.11 Å². The summed E-state index contributed by atoms with van der Waals surface area (Å²) in [5.74, 6) is 1.08. The topological polar surface area (TPSA) is 87.2 Å². The van der Waals surface area contributed by atoms with Crippen LogP contribution in [0.3, 0.4) is 0 Å². The van der Waals surface area contributed by atoms with Crippen molar-refractivity contribution in [1.29, 1.82) is 0 Å². The van der Waals surface area contributed by atoms with Crippen LogP contribution in [-0.2, 0) is 0 Å². The van der Waals surface area contributed by atoms with Crippen molar-refractivity contribution in [3.8, 4) is 11.4 Å². The quantitative estimate of drug-likeness (QED) is 0.544. The smallest absolute Gasteiger partial charge is 0.285 e. The zero-order valence-electron chi connectivity index (χ0n) is 11.5. The molecule has 0 aliphatic carbocycles. The highest BCUT2D eigenvalue weighted by Crippen LogP contribution is 2.15. The number of aromatic nitrogens is 6. The van der Waals surface area contributed by atoms with Crippen LogP contribution in [0.1, 0.15) is 0 Å². The molecule has 0 aliphatic heterocycles. The Labute approximate surface area is 123 Å². The fourth-order valence-electron chi connectivity index (χ4n) is 2.29.